The lowest BCUT2D eigenvalue weighted by Crippen LogP contribution is -2.43. The molecule has 2 saturated heterocycles. The minimum Gasteiger partial charge on any atom is -0.489 e. The third-order valence-corrected chi connectivity index (χ3v) is 6.54. The highest BCUT2D eigenvalue weighted by Gasteiger charge is 2.26. The third-order valence-electron chi connectivity index (χ3n) is 5.89. The van der Waals surface area contributed by atoms with Crippen LogP contribution >= 0.6 is 11.8 Å². The largest absolute Gasteiger partial charge is 0.489 e. The number of ether oxygens (including phenoxy) is 1. The number of likely N-dealkylation sites (tertiary alicyclic amines) is 2. The summed E-state index contributed by atoms with van der Waals surface area (Å²) in [5.41, 5.74) is 0.732. The van der Waals surface area contributed by atoms with Crippen LogP contribution in [0.4, 0.5) is 0 Å². The van der Waals surface area contributed by atoms with Crippen molar-refractivity contribution in [1.29, 1.82) is 0 Å². The maximum absolute atomic E-state index is 12.9. The Balaban J connectivity index is 1.56. The van der Waals surface area contributed by atoms with Crippen molar-refractivity contribution in [3.05, 3.63) is 29.8 Å². The van der Waals surface area contributed by atoms with E-state index in [1.807, 2.05) is 40.9 Å². The second kappa shape index (κ2) is 10.4. The highest BCUT2D eigenvalue weighted by Crippen LogP contribution is 2.26. The van der Waals surface area contributed by atoms with Crippen molar-refractivity contribution >= 4 is 17.7 Å². The first-order valence-electron chi connectivity index (χ1n) is 10.5. The molecule has 2 heterocycles. The van der Waals surface area contributed by atoms with Gasteiger partial charge in [0.25, 0.3) is 5.91 Å². The summed E-state index contributed by atoms with van der Waals surface area (Å²) in [6.07, 6.45) is 9.17. The van der Waals surface area contributed by atoms with E-state index in [-0.39, 0.29) is 12.0 Å². The SMILES string of the molecule is CSCCC(C)N1CCC(Oc2ccccc2C(=O)N2CCCCC2)CC1. The molecule has 1 aromatic carbocycles. The zero-order valence-electron chi connectivity index (χ0n) is 16.9. The van der Waals surface area contributed by atoms with Gasteiger partial charge >= 0.3 is 0 Å². The van der Waals surface area contributed by atoms with E-state index >= 15 is 0 Å². The number of hydrogen-bond donors (Lipinski definition) is 0. The molecule has 27 heavy (non-hydrogen) atoms. The first-order valence-corrected chi connectivity index (χ1v) is 11.9. The number of carbonyl (C=O) groups excluding carboxylic acids is 1. The van der Waals surface area contributed by atoms with Crippen LogP contribution in [0.15, 0.2) is 24.3 Å². The normalized spacial score (nSPS) is 20.4. The molecule has 0 saturated carbocycles. The van der Waals surface area contributed by atoms with Gasteiger partial charge in [0.15, 0.2) is 0 Å². The second-order valence-corrected chi connectivity index (χ2v) is 8.82. The van der Waals surface area contributed by atoms with Gasteiger partial charge in [-0.1, -0.05) is 12.1 Å². The Morgan fingerprint density at radius 1 is 1.15 bits per heavy atom. The molecule has 0 aliphatic carbocycles. The van der Waals surface area contributed by atoms with Gasteiger partial charge in [-0.25, -0.2) is 0 Å². The summed E-state index contributed by atoms with van der Waals surface area (Å²) in [7, 11) is 0. The van der Waals surface area contributed by atoms with Crippen molar-refractivity contribution in [1.82, 2.24) is 9.80 Å². The van der Waals surface area contributed by atoms with Gasteiger partial charge in [0.2, 0.25) is 0 Å². The molecule has 0 bridgehead atoms. The van der Waals surface area contributed by atoms with Crippen molar-refractivity contribution in [3.63, 3.8) is 0 Å². The molecule has 4 nitrogen and oxygen atoms in total. The lowest BCUT2D eigenvalue weighted by molar-refractivity contribution is 0.0681. The number of para-hydroxylation sites is 1. The highest BCUT2D eigenvalue weighted by molar-refractivity contribution is 7.98. The lowest BCUT2D eigenvalue weighted by atomic mass is 10.0. The van der Waals surface area contributed by atoms with E-state index in [1.165, 1.54) is 18.6 Å². The lowest BCUT2D eigenvalue weighted by Gasteiger charge is -2.36. The van der Waals surface area contributed by atoms with Crippen LogP contribution in [0.3, 0.4) is 0 Å². The molecular formula is C22H34N2O2S. The summed E-state index contributed by atoms with van der Waals surface area (Å²) in [4.78, 5) is 17.5. The summed E-state index contributed by atoms with van der Waals surface area (Å²) in [5, 5.41) is 0. The van der Waals surface area contributed by atoms with Gasteiger partial charge in [-0.3, -0.25) is 4.79 Å². The molecular weight excluding hydrogens is 356 g/mol. The Morgan fingerprint density at radius 3 is 2.56 bits per heavy atom. The van der Waals surface area contributed by atoms with Crippen LogP contribution in [-0.2, 0) is 0 Å². The molecule has 0 spiro atoms. The van der Waals surface area contributed by atoms with Gasteiger partial charge < -0.3 is 14.5 Å². The standard InChI is InChI=1S/C22H34N2O2S/c1-18(12-17-27-2)23-15-10-19(11-16-23)26-21-9-5-4-8-20(21)22(25)24-13-6-3-7-14-24/h4-5,8-9,18-19H,3,6-7,10-17H2,1-2H3. The Labute approximate surface area is 168 Å². The van der Waals surface area contributed by atoms with Gasteiger partial charge in [-0.2, -0.15) is 11.8 Å². The fourth-order valence-corrected chi connectivity index (χ4v) is 4.68. The van der Waals surface area contributed by atoms with E-state index in [0.717, 1.165) is 63.2 Å². The number of amides is 1. The summed E-state index contributed by atoms with van der Waals surface area (Å²) in [6.45, 7) is 6.26. The third kappa shape index (κ3) is 5.64. The molecule has 1 atom stereocenters. The van der Waals surface area contributed by atoms with Crippen molar-refractivity contribution in [3.8, 4) is 5.75 Å². The van der Waals surface area contributed by atoms with Gasteiger partial charge in [-0.05, 0) is 69.6 Å². The van der Waals surface area contributed by atoms with E-state index < -0.39 is 0 Å². The van der Waals surface area contributed by atoms with Gasteiger partial charge in [0.1, 0.15) is 11.9 Å². The highest BCUT2D eigenvalue weighted by atomic mass is 32.2. The van der Waals surface area contributed by atoms with Crippen molar-refractivity contribution < 1.29 is 9.53 Å². The van der Waals surface area contributed by atoms with Crippen molar-refractivity contribution in [2.24, 2.45) is 0 Å². The molecule has 0 radical (unpaired) electrons. The number of thioether (sulfide) groups is 1. The van der Waals surface area contributed by atoms with E-state index in [9.17, 15) is 4.79 Å². The number of rotatable bonds is 7. The number of carbonyl (C=O) groups is 1. The van der Waals surface area contributed by atoms with Crippen molar-refractivity contribution in [2.45, 2.75) is 57.6 Å². The fourth-order valence-electron chi connectivity index (χ4n) is 4.10. The molecule has 3 rings (SSSR count). The zero-order chi connectivity index (χ0) is 19.1. The second-order valence-electron chi connectivity index (χ2n) is 7.83. The predicted molar refractivity (Wildman–Crippen MR) is 114 cm³/mol. The van der Waals surface area contributed by atoms with Crippen LogP contribution in [0, 0.1) is 0 Å². The Bertz CT molecular complexity index is 596. The van der Waals surface area contributed by atoms with Crippen LogP contribution in [0.1, 0.15) is 55.8 Å². The molecule has 1 aromatic rings. The van der Waals surface area contributed by atoms with Crippen LogP contribution in [0.5, 0.6) is 5.75 Å². The Hall–Kier alpha value is -1.20. The van der Waals surface area contributed by atoms with E-state index in [0.29, 0.717) is 6.04 Å². The van der Waals surface area contributed by atoms with Gasteiger partial charge in [0, 0.05) is 32.2 Å². The van der Waals surface area contributed by atoms with E-state index in [1.54, 1.807) is 0 Å². The van der Waals surface area contributed by atoms with Crippen LogP contribution in [0.25, 0.3) is 0 Å². The average Bonchev–Trinajstić information content (AvgIpc) is 2.73. The van der Waals surface area contributed by atoms with Crippen LogP contribution in [0.2, 0.25) is 0 Å². The average molecular weight is 391 g/mol. The smallest absolute Gasteiger partial charge is 0.257 e. The quantitative estimate of drug-likeness (QED) is 0.695. The molecule has 0 aromatic heterocycles. The van der Waals surface area contributed by atoms with Gasteiger partial charge in [-0.15, -0.1) is 0 Å². The number of benzene rings is 1. The fraction of sp³-hybridized carbons (Fsp3) is 0.682. The first kappa shape index (κ1) is 20.5. The number of piperidine rings is 2. The monoisotopic (exact) mass is 390 g/mol. The van der Waals surface area contributed by atoms with E-state index in [4.69, 9.17) is 4.74 Å². The van der Waals surface area contributed by atoms with Crippen LogP contribution in [-0.4, -0.2) is 66.0 Å². The molecule has 2 aliphatic heterocycles. The molecule has 5 heteroatoms. The summed E-state index contributed by atoms with van der Waals surface area (Å²) < 4.78 is 6.33. The van der Waals surface area contributed by atoms with E-state index in [2.05, 4.69) is 18.1 Å². The Kier molecular flexibility index (Phi) is 7.89. The topological polar surface area (TPSA) is 32.8 Å². The minimum absolute atomic E-state index is 0.133. The molecule has 2 aliphatic rings. The molecule has 1 amide bonds. The summed E-state index contributed by atoms with van der Waals surface area (Å²) in [6, 6.07) is 8.45. The minimum atomic E-state index is 0.133. The molecule has 1 unspecified atom stereocenters. The maximum Gasteiger partial charge on any atom is 0.257 e. The van der Waals surface area contributed by atoms with Crippen LogP contribution < -0.4 is 4.74 Å². The molecule has 2 fully saturated rings. The maximum atomic E-state index is 12.9. The summed E-state index contributed by atoms with van der Waals surface area (Å²) in [5.74, 6) is 2.12. The van der Waals surface area contributed by atoms with Gasteiger partial charge in [0.05, 0.1) is 5.56 Å². The number of hydrogen-bond acceptors (Lipinski definition) is 4. The first-order chi connectivity index (χ1) is 13.2. The number of nitrogens with zero attached hydrogens (tertiary/aromatic N) is 2. The predicted octanol–water partition coefficient (Wildman–Crippen LogP) is 4.30. The summed E-state index contributed by atoms with van der Waals surface area (Å²) >= 11 is 1.92. The molecule has 150 valence electrons. The Morgan fingerprint density at radius 2 is 1.85 bits per heavy atom. The zero-order valence-corrected chi connectivity index (χ0v) is 17.7. The van der Waals surface area contributed by atoms with Crippen molar-refractivity contribution in [2.75, 3.05) is 38.2 Å². The molecule has 0 N–H and O–H groups in total.